The van der Waals surface area contributed by atoms with Crippen molar-refractivity contribution < 1.29 is 38.5 Å². The number of hydrogen-bond acceptors (Lipinski definition) is 8. The minimum absolute atomic E-state index is 0.0629. The fraction of sp³-hybridized carbons (Fsp3) is 0.600. The van der Waals surface area contributed by atoms with Crippen LogP contribution in [0.5, 0.6) is 0 Å². The van der Waals surface area contributed by atoms with Gasteiger partial charge >= 0.3 is 17.9 Å². The van der Waals surface area contributed by atoms with Gasteiger partial charge in [-0.15, -0.1) is 0 Å². The van der Waals surface area contributed by atoms with Crippen LogP contribution < -0.4 is 0 Å². The first-order valence-electron chi connectivity index (χ1n) is 11.5. The molecule has 0 bridgehead atoms. The second-order valence-electron chi connectivity index (χ2n) is 8.19. The molecule has 0 aromatic rings. The number of rotatable bonds is 14. The number of esters is 3. The lowest BCUT2D eigenvalue weighted by atomic mass is 9.90. The molecule has 0 radical (unpaired) electrons. The van der Waals surface area contributed by atoms with Crippen molar-refractivity contribution in [1.82, 2.24) is 0 Å². The van der Waals surface area contributed by atoms with E-state index < -0.39 is 41.5 Å². The third-order valence-electron chi connectivity index (χ3n) is 5.28. The van der Waals surface area contributed by atoms with Crippen LogP contribution >= 0.6 is 11.6 Å². The zero-order valence-corrected chi connectivity index (χ0v) is 21.1. The van der Waals surface area contributed by atoms with Gasteiger partial charge in [0.2, 0.25) is 5.78 Å². The van der Waals surface area contributed by atoms with Gasteiger partial charge in [-0.25, -0.2) is 0 Å². The molecule has 0 fully saturated rings. The molecule has 0 heterocycles. The van der Waals surface area contributed by atoms with E-state index >= 15 is 0 Å². The first kappa shape index (κ1) is 29.6. The zero-order valence-electron chi connectivity index (χ0n) is 20.3. The highest BCUT2D eigenvalue weighted by Crippen LogP contribution is 2.37. The summed E-state index contributed by atoms with van der Waals surface area (Å²) in [5.41, 5.74) is -1.76. The Labute approximate surface area is 206 Å². The van der Waals surface area contributed by atoms with Crippen LogP contribution in [0.4, 0.5) is 0 Å². The number of halogens is 1. The summed E-state index contributed by atoms with van der Waals surface area (Å²) in [4.78, 5) is 47.7. The lowest BCUT2D eigenvalue weighted by molar-refractivity contribution is -0.162. The molecule has 1 rings (SSSR count). The molecule has 8 nitrogen and oxygen atoms in total. The highest BCUT2D eigenvalue weighted by molar-refractivity contribution is 6.46. The molecule has 0 saturated carbocycles. The minimum atomic E-state index is -1.69. The molecule has 0 unspecified atom stereocenters. The summed E-state index contributed by atoms with van der Waals surface area (Å²) in [5, 5.41) is 11.1. The number of Topliss-reactive ketones (excluding diaryl/α,β-unsaturated/α-hetero) is 1. The van der Waals surface area contributed by atoms with E-state index in [2.05, 4.69) is 11.7 Å². The molecular formula is C25H35ClO8. The summed E-state index contributed by atoms with van der Waals surface area (Å²) in [5.74, 6) is -2.34. The van der Waals surface area contributed by atoms with Gasteiger partial charge in [0, 0.05) is 32.3 Å². The topological polar surface area (TPSA) is 116 Å². The van der Waals surface area contributed by atoms with Crippen LogP contribution in [0.3, 0.4) is 0 Å². The number of aliphatic hydroxyl groups is 1. The normalized spacial score (nSPS) is 20.8. The quantitative estimate of drug-likeness (QED) is 0.125. The molecule has 0 aromatic carbocycles. The molecule has 190 valence electrons. The largest absolute Gasteiger partial charge is 0.469 e. The number of ketones is 1. The van der Waals surface area contributed by atoms with Gasteiger partial charge < -0.3 is 19.3 Å². The number of allylic oxidation sites excluding steroid dienone is 2. The van der Waals surface area contributed by atoms with Crippen LogP contribution in [-0.4, -0.2) is 53.7 Å². The smallest absolute Gasteiger partial charge is 0.305 e. The van der Waals surface area contributed by atoms with Gasteiger partial charge in [-0.2, -0.15) is 0 Å². The second-order valence-corrected chi connectivity index (χ2v) is 8.59. The third-order valence-corrected chi connectivity index (χ3v) is 5.56. The zero-order chi connectivity index (χ0) is 25.7. The lowest BCUT2D eigenvalue weighted by Gasteiger charge is -2.27. The Bertz CT molecular complexity index is 829. The van der Waals surface area contributed by atoms with Crippen molar-refractivity contribution in [2.24, 2.45) is 0 Å². The Hall–Kier alpha value is -2.45. The Balaban J connectivity index is 3.20. The third kappa shape index (κ3) is 9.81. The molecule has 1 aliphatic rings. The van der Waals surface area contributed by atoms with Crippen molar-refractivity contribution in [3.8, 4) is 0 Å². The highest BCUT2D eigenvalue weighted by Gasteiger charge is 2.42. The van der Waals surface area contributed by atoms with Crippen LogP contribution in [0, 0.1) is 0 Å². The Morgan fingerprint density at radius 3 is 2.38 bits per heavy atom. The van der Waals surface area contributed by atoms with E-state index in [0.29, 0.717) is 0 Å². The van der Waals surface area contributed by atoms with Crippen molar-refractivity contribution in [1.29, 1.82) is 0 Å². The maximum atomic E-state index is 12.7. The Kier molecular flexibility index (Phi) is 12.8. The predicted molar refractivity (Wildman–Crippen MR) is 127 cm³/mol. The summed E-state index contributed by atoms with van der Waals surface area (Å²) in [6.07, 6.45) is 8.77. The maximum absolute atomic E-state index is 12.7. The Morgan fingerprint density at radius 1 is 1.12 bits per heavy atom. The minimum Gasteiger partial charge on any atom is -0.469 e. The molecule has 0 amide bonds. The Morgan fingerprint density at radius 2 is 1.79 bits per heavy atom. The molecule has 0 aliphatic heterocycles. The first-order chi connectivity index (χ1) is 16.0. The van der Waals surface area contributed by atoms with Gasteiger partial charge in [-0.1, -0.05) is 43.5 Å². The van der Waals surface area contributed by atoms with Gasteiger partial charge in [-0.3, -0.25) is 19.2 Å². The van der Waals surface area contributed by atoms with Gasteiger partial charge in [-0.05, 0) is 37.8 Å². The molecule has 0 spiro atoms. The summed E-state index contributed by atoms with van der Waals surface area (Å²) < 4.78 is 15.3. The molecule has 1 N–H and O–H groups in total. The molecule has 3 atom stereocenters. The van der Waals surface area contributed by atoms with E-state index in [4.69, 9.17) is 21.1 Å². The number of carbonyl (C=O) groups excluding carboxylic acids is 4. The standard InChI is InChI=1S/C25H35ClO8/c1-5-6-7-8-9-10-14-25(31)16-20(26)24(30)19(25)15-22(34-18(3)28)21(33-17(2)27)12-11-13-23(29)32-4/h9-10,15-16,21-22,31H,5-8,11-14H2,1-4H3/b10-9-,19-15+/t21-,22-,25+/m0/s1. The van der Waals surface area contributed by atoms with Crippen LogP contribution in [0.15, 0.2) is 34.9 Å². The first-order valence-corrected chi connectivity index (χ1v) is 11.9. The molecular weight excluding hydrogens is 464 g/mol. The molecule has 0 saturated heterocycles. The van der Waals surface area contributed by atoms with Crippen LogP contribution in [0.2, 0.25) is 0 Å². The van der Waals surface area contributed by atoms with E-state index in [9.17, 15) is 24.3 Å². The SMILES string of the molecule is CCCCC/C=C\C[C@@]1(O)C=C(Cl)C(=O)/C1=C\[C@H](OC(C)=O)[C@H](CCCC(=O)OC)OC(C)=O. The van der Waals surface area contributed by atoms with E-state index in [1.807, 2.05) is 6.08 Å². The average molecular weight is 499 g/mol. The van der Waals surface area contributed by atoms with Gasteiger partial charge in [0.1, 0.15) is 11.7 Å². The van der Waals surface area contributed by atoms with Gasteiger partial charge in [0.05, 0.1) is 12.1 Å². The van der Waals surface area contributed by atoms with Crippen LogP contribution in [-0.2, 0) is 33.4 Å². The number of unbranched alkanes of at least 4 members (excludes halogenated alkanes) is 3. The lowest BCUT2D eigenvalue weighted by Crippen LogP contribution is -2.36. The van der Waals surface area contributed by atoms with Gasteiger partial charge in [0.25, 0.3) is 0 Å². The van der Waals surface area contributed by atoms with Crippen LogP contribution in [0.25, 0.3) is 0 Å². The fourth-order valence-electron chi connectivity index (χ4n) is 3.59. The summed E-state index contributed by atoms with van der Waals surface area (Å²) in [6.45, 7) is 4.49. The highest BCUT2D eigenvalue weighted by atomic mass is 35.5. The molecule has 0 aromatic heterocycles. The van der Waals surface area contributed by atoms with Crippen molar-refractivity contribution in [2.45, 2.75) is 89.9 Å². The van der Waals surface area contributed by atoms with E-state index in [0.717, 1.165) is 25.7 Å². The van der Waals surface area contributed by atoms with Crippen molar-refractivity contribution in [3.63, 3.8) is 0 Å². The number of ether oxygens (including phenoxy) is 3. The molecule has 1 aliphatic carbocycles. The van der Waals surface area contributed by atoms with Crippen molar-refractivity contribution >= 4 is 35.3 Å². The van der Waals surface area contributed by atoms with Gasteiger partial charge in [0.15, 0.2) is 6.10 Å². The van der Waals surface area contributed by atoms with Crippen molar-refractivity contribution in [3.05, 3.63) is 34.9 Å². The second kappa shape index (κ2) is 14.7. The van der Waals surface area contributed by atoms with E-state index in [-0.39, 0.29) is 36.3 Å². The number of hydrogen-bond donors (Lipinski definition) is 1. The van der Waals surface area contributed by atoms with E-state index in [1.165, 1.54) is 33.1 Å². The molecule has 9 heteroatoms. The fourth-order valence-corrected chi connectivity index (χ4v) is 3.87. The number of methoxy groups -OCH3 is 1. The monoisotopic (exact) mass is 498 g/mol. The maximum Gasteiger partial charge on any atom is 0.305 e. The van der Waals surface area contributed by atoms with E-state index in [1.54, 1.807) is 6.08 Å². The number of carbonyl (C=O) groups is 4. The van der Waals surface area contributed by atoms with Crippen LogP contribution in [0.1, 0.15) is 72.1 Å². The summed E-state index contributed by atoms with van der Waals surface area (Å²) in [6, 6.07) is 0. The molecule has 34 heavy (non-hydrogen) atoms. The van der Waals surface area contributed by atoms with Crippen molar-refractivity contribution in [2.75, 3.05) is 7.11 Å². The average Bonchev–Trinajstić information content (AvgIpc) is 2.97. The predicted octanol–water partition coefficient (Wildman–Crippen LogP) is 4.08. The summed E-state index contributed by atoms with van der Waals surface area (Å²) in [7, 11) is 1.26. The summed E-state index contributed by atoms with van der Waals surface area (Å²) >= 11 is 6.05.